The van der Waals surface area contributed by atoms with Crippen LogP contribution < -0.4 is 5.90 Å². The summed E-state index contributed by atoms with van der Waals surface area (Å²) in [5, 5.41) is 0. The Labute approximate surface area is 66.6 Å². The van der Waals surface area contributed by atoms with Crippen molar-refractivity contribution in [3.8, 4) is 0 Å². The van der Waals surface area contributed by atoms with Crippen molar-refractivity contribution in [1.82, 2.24) is 0 Å². The molecule has 0 aliphatic heterocycles. The summed E-state index contributed by atoms with van der Waals surface area (Å²) in [5.74, 6) is 4.27. The van der Waals surface area contributed by atoms with E-state index in [1.165, 1.54) is 0 Å². The molecule has 4 nitrogen and oxygen atoms in total. The van der Waals surface area contributed by atoms with E-state index in [9.17, 15) is 4.79 Å². The van der Waals surface area contributed by atoms with Gasteiger partial charge in [0.1, 0.15) is 0 Å². The van der Waals surface area contributed by atoms with Gasteiger partial charge in [-0.15, -0.1) is 0 Å². The number of hydrogen-bond donors (Lipinski definition) is 1. The number of hydrogen-bond acceptors (Lipinski definition) is 4. The Hall–Kier alpha value is -0.610. The maximum Gasteiger partial charge on any atom is 0.334 e. The molecule has 0 aromatic carbocycles. The van der Waals surface area contributed by atoms with Gasteiger partial charge >= 0.3 is 5.97 Å². The first-order valence-corrected chi connectivity index (χ1v) is 3.71. The lowest BCUT2D eigenvalue weighted by atomic mass is 10.2. The van der Waals surface area contributed by atoms with Gasteiger partial charge in [0.25, 0.3) is 0 Å². The summed E-state index contributed by atoms with van der Waals surface area (Å²) in [6.45, 7) is 3.70. The number of esters is 1. The fraction of sp³-hybridized carbons (Fsp3) is 0.857. The van der Waals surface area contributed by atoms with Gasteiger partial charge in [0.05, 0.1) is 6.10 Å². The summed E-state index contributed by atoms with van der Waals surface area (Å²) < 4.78 is 4.89. The van der Waals surface area contributed by atoms with Crippen LogP contribution in [0.4, 0.5) is 0 Å². The molecule has 0 radical (unpaired) electrons. The molecule has 0 amide bonds. The van der Waals surface area contributed by atoms with Crippen molar-refractivity contribution in [2.75, 3.05) is 6.61 Å². The second-order valence-corrected chi connectivity index (χ2v) is 2.40. The minimum atomic E-state index is -0.409. The number of carbonyl (C=O) groups excluding carboxylic acids is 1. The van der Waals surface area contributed by atoms with Gasteiger partial charge in [-0.2, -0.15) is 0 Å². The largest absolute Gasteiger partial charge is 0.461 e. The normalized spacial score (nSPS) is 12.6. The zero-order chi connectivity index (χ0) is 8.69. The van der Waals surface area contributed by atoms with Crippen LogP contribution in [0.5, 0.6) is 0 Å². The predicted molar refractivity (Wildman–Crippen MR) is 40.6 cm³/mol. The van der Waals surface area contributed by atoms with Crippen LogP contribution >= 0.6 is 0 Å². The third-order valence-corrected chi connectivity index (χ3v) is 1.23. The SMILES string of the molecule is CCCC(C)OC(=O)CON. The highest BCUT2D eigenvalue weighted by atomic mass is 16.6. The molecule has 4 heteroatoms. The Morgan fingerprint density at radius 2 is 2.27 bits per heavy atom. The van der Waals surface area contributed by atoms with Gasteiger partial charge in [0.2, 0.25) is 0 Å². The first kappa shape index (κ1) is 10.4. The van der Waals surface area contributed by atoms with E-state index in [4.69, 9.17) is 4.74 Å². The highest BCUT2D eigenvalue weighted by Crippen LogP contribution is 2.00. The van der Waals surface area contributed by atoms with E-state index in [0.29, 0.717) is 0 Å². The first-order valence-electron chi connectivity index (χ1n) is 3.71. The summed E-state index contributed by atoms with van der Waals surface area (Å²) in [5.41, 5.74) is 0. The molecule has 0 aliphatic carbocycles. The third-order valence-electron chi connectivity index (χ3n) is 1.23. The van der Waals surface area contributed by atoms with Crippen molar-refractivity contribution in [3.63, 3.8) is 0 Å². The molecule has 2 N–H and O–H groups in total. The summed E-state index contributed by atoms with van der Waals surface area (Å²) in [7, 11) is 0. The van der Waals surface area contributed by atoms with Crippen molar-refractivity contribution in [3.05, 3.63) is 0 Å². The molecule has 0 aromatic rings. The molecular weight excluding hydrogens is 146 g/mol. The average Bonchev–Trinajstić information content (AvgIpc) is 1.87. The van der Waals surface area contributed by atoms with Crippen molar-refractivity contribution in [1.29, 1.82) is 0 Å². The van der Waals surface area contributed by atoms with E-state index < -0.39 is 5.97 Å². The van der Waals surface area contributed by atoms with Gasteiger partial charge in [-0.1, -0.05) is 13.3 Å². The quantitative estimate of drug-likeness (QED) is 0.474. The Kier molecular flexibility index (Phi) is 5.78. The lowest BCUT2D eigenvalue weighted by molar-refractivity contribution is -0.154. The average molecular weight is 161 g/mol. The molecule has 0 rings (SSSR count). The van der Waals surface area contributed by atoms with Crippen molar-refractivity contribution in [2.24, 2.45) is 5.90 Å². The van der Waals surface area contributed by atoms with Crippen molar-refractivity contribution < 1.29 is 14.4 Å². The Balaban J connectivity index is 3.40. The number of nitrogens with two attached hydrogens (primary N) is 1. The highest BCUT2D eigenvalue weighted by molar-refractivity contribution is 5.70. The zero-order valence-corrected chi connectivity index (χ0v) is 7.00. The van der Waals surface area contributed by atoms with E-state index in [2.05, 4.69) is 10.7 Å². The zero-order valence-electron chi connectivity index (χ0n) is 7.00. The summed E-state index contributed by atoms with van der Waals surface area (Å²) >= 11 is 0. The van der Waals surface area contributed by atoms with E-state index in [1.807, 2.05) is 13.8 Å². The standard InChI is InChI=1S/C7H15NO3/c1-3-4-6(2)11-7(9)5-10-8/h6H,3-5,8H2,1-2H3. The smallest absolute Gasteiger partial charge is 0.334 e. The summed E-state index contributed by atoms with van der Waals surface area (Å²) in [6, 6.07) is 0. The molecule has 0 aliphatic rings. The minimum absolute atomic E-state index is 0.0392. The monoisotopic (exact) mass is 161 g/mol. The second kappa shape index (κ2) is 6.12. The van der Waals surface area contributed by atoms with Gasteiger partial charge in [-0.05, 0) is 13.3 Å². The molecule has 1 atom stereocenters. The molecule has 0 saturated heterocycles. The predicted octanol–water partition coefficient (Wildman–Crippen LogP) is 0.609. The van der Waals surface area contributed by atoms with Crippen LogP contribution in [-0.2, 0) is 14.4 Å². The van der Waals surface area contributed by atoms with Gasteiger partial charge in [0, 0.05) is 0 Å². The number of rotatable bonds is 5. The number of carbonyl (C=O) groups is 1. The minimum Gasteiger partial charge on any atom is -0.461 e. The van der Waals surface area contributed by atoms with Crippen LogP contribution in [0.15, 0.2) is 0 Å². The Bertz CT molecular complexity index is 116. The van der Waals surface area contributed by atoms with Crippen LogP contribution in [-0.4, -0.2) is 18.7 Å². The number of ether oxygens (including phenoxy) is 1. The second-order valence-electron chi connectivity index (χ2n) is 2.40. The molecule has 0 spiro atoms. The fourth-order valence-corrected chi connectivity index (χ4v) is 0.792. The lowest BCUT2D eigenvalue weighted by Gasteiger charge is -2.10. The highest BCUT2D eigenvalue weighted by Gasteiger charge is 2.07. The molecular formula is C7H15NO3. The molecule has 0 saturated carbocycles. The van der Waals surface area contributed by atoms with Crippen LogP contribution in [0.2, 0.25) is 0 Å². The molecule has 0 heterocycles. The van der Waals surface area contributed by atoms with Gasteiger partial charge < -0.3 is 4.74 Å². The Morgan fingerprint density at radius 1 is 1.64 bits per heavy atom. The van der Waals surface area contributed by atoms with Crippen molar-refractivity contribution in [2.45, 2.75) is 32.8 Å². The van der Waals surface area contributed by atoms with E-state index in [-0.39, 0.29) is 12.7 Å². The maximum atomic E-state index is 10.7. The topological polar surface area (TPSA) is 61.5 Å². The van der Waals surface area contributed by atoms with Crippen LogP contribution in [0.3, 0.4) is 0 Å². The third kappa shape index (κ3) is 5.82. The maximum absolute atomic E-state index is 10.7. The molecule has 0 aromatic heterocycles. The molecule has 0 bridgehead atoms. The molecule has 1 unspecified atom stereocenters. The molecule has 66 valence electrons. The fourth-order valence-electron chi connectivity index (χ4n) is 0.792. The first-order chi connectivity index (χ1) is 5.20. The van der Waals surface area contributed by atoms with Crippen LogP contribution in [0, 0.1) is 0 Å². The summed E-state index contributed by atoms with van der Waals surface area (Å²) in [6.07, 6.45) is 1.83. The van der Waals surface area contributed by atoms with Gasteiger partial charge in [-0.3, -0.25) is 4.84 Å². The molecule has 11 heavy (non-hydrogen) atoms. The molecule has 0 fully saturated rings. The van der Waals surface area contributed by atoms with Crippen molar-refractivity contribution >= 4 is 5.97 Å². The van der Waals surface area contributed by atoms with E-state index in [1.54, 1.807) is 0 Å². The van der Waals surface area contributed by atoms with Crippen LogP contribution in [0.25, 0.3) is 0 Å². The van der Waals surface area contributed by atoms with E-state index in [0.717, 1.165) is 12.8 Å². The van der Waals surface area contributed by atoms with E-state index >= 15 is 0 Å². The van der Waals surface area contributed by atoms with Gasteiger partial charge in [0.15, 0.2) is 6.61 Å². The summed E-state index contributed by atoms with van der Waals surface area (Å²) in [4.78, 5) is 14.8. The van der Waals surface area contributed by atoms with Crippen LogP contribution in [0.1, 0.15) is 26.7 Å². The van der Waals surface area contributed by atoms with Gasteiger partial charge in [-0.25, -0.2) is 10.7 Å². The lowest BCUT2D eigenvalue weighted by Crippen LogP contribution is -2.20. The Morgan fingerprint density at radius 3 is 2.73 bits per heavy atom.